The summed E-state index contributed by atoms with van der Waals surface area (Å²) in [5.41, 5.74) is 0.223. The molecule has 1 aromatic heterocycles. The molecule has 2 heterocycles. The van der Waals surface area contributed by atoms with Gasteiger partial charge in [0.2, 0.25) is 0 Å². The predicted molar refractivity (Wildman–Crippen MR) is 80.0 cm³/mol. The molecular weight excluding hydrogens is 276 g/mol. The van der Waals surface area contributed by atoms with Gasteiger partial charge in [-0.25, -0.2) is 4.79 Å². The van der Waals surface area contributed by atoms with Crippen LogP contribution in [0.4, 0.5) is 4.79 Å². The van der Waals surface area contributed by atoms with Gasteiger partial charge in [-0.3, -0.25) is 0 Å². The van der Waals surface area contributed by atoms with E-state index in [9.17, 15) is 9.90 Å². The van der Waals surface area contributed by atoms with Crippen LogP contribution in [0.15, 0.2) is 10.5 Å². The Morgan fingerprint density at radius 1 is 1.60 bits per heavy atom. The summed E-state index contributed by atoms with van der Waals surface area (Å²) >= 11 is 1.71. The molecule has 1 saturated heterocycles. The fourth-order valence-corrected chi connectivity index (χ4v) is 3.68. The van der Waals surface area contributed by atoms with Gasteiger partial charge < -0.3 is 20.2 Å². The van der Waals surface area contributed by atoms with E-state index >= 15 is 0 Å². The molecule has 0 spiro atoms. The Balaban J connectivity index is 1.83. The van der Waals surface area contributed by atoms with Gasteiger partial charge in [0.15, 0.2) is 0 Å². The van der Waals surface area contributed by atoms with Crippen molar-refractivity contribution in [2.75, 3.05) is 18.1 Å². The largest absolute Gasteiger partial charge is 0.466 e. The van der Waals surface area contributed by atoms with Crippen LogP contribution in [0.1, 0.15) is 36.5 Å². The first kappa shape index (κ1) is 15.3. The Morgan fingerprint density at radius 2 is 2.35 bits per heavy atom. The number of aliphatic hydroxyl groups is 1. The number of nitrogens with one attached hydrogen (secondary N) is 2. The maximum absolute atomic E-state index is 11.9. The van der Waals surface area contributed by atoms with Crippen molar-refractivity contribution < 1.29 is 14.3 Å². The van der Waals surface area contributed by atoms with E-state index in [1.807, 2.05) is 26.8 Å². The molecule has 3 N–H and O–H groups in total. The second-order valence-corrected chi connectivity index (χ2v) is 6.55. The molecule has 6 heteroatoms. The Hall–Kier alpha value is -1.14. The van der Waals surface area contributed by atoms with E-state index < -0.39 is 5.60 Å². The third kappa shape index (κ3) is 3.70. The topological polar surface area (TPSA) is 74.5 Å². The summed E-state index contributed by atoms with van der Waals surface area (Å²) in [5.74, 6) is 3.29. The molecule has 2 atom stereocenters. The summed E-state index contributed by atoms with van der Waals surface area (Å²) in [7, 11) is 0. The molecule has 5 nitrogen and oxygen atoms in total. The van der Waals surface area contributed by atoms with Gasteiger partial charge in [0.05, 0.1) is 11.6 Å². The maximum Gasteiger partial charge on any atom is 0.315 e. The molecule has 112 valence electrons. The minimum Gasteiger partial charge on any atom is -0.466 e. The molecule has 1 aromatic rings. The highest BCUT2D eigenvalue weighted by atomic mass is 32.2. The first-order chi connectivity index (χ1) is 9.39. The normalized spacial score (nSPS) is 23.6. The van der Waals surface area contributed by atoms with Crippen molar-refractivity contribution in [3.05, 3.63) is 23.2 Å². The van der Waals surface area contributed by atoms with Crippen LogP contribution >= 0.6 is 11.8 Å². The lowest BCUT2D eigenvalue weighted by Crippen LogP contribution is -2.46. The van der Waals surface area contributed by atoms with Crippen LogP contribution in [-0.4, -0.2) is 34.8 Å². The summed E-state index contributed by atoms with van der Waals surface area (Å²) in [6.45, 7) is 5.98. The highest BCUT2D eigenvalue weighted by molar-refractivity contribution is 7.99. The SMILES string of the molecule is Cc1cc(C(C)NC(=O)NCC2(O)CCSC2)c(C)o1. The number of carbonyl (C=O) groups is 1. The van der Waals surface area contributed by atoms with Crippen molar-refractivity contribution in [1.29, 1.82) is 0 Å². The third-order valence-corrected chi connectivity index (χ3v) is 4.79. The van der Waals surface area contributed by atoms with E-state index in [0.29, 0.717) is 12.3 Å². The van der Waals surface area contributed by atoms with E-state index in [1.54, 1.807) is 11.8 Å². The van der Waals surface area contributed by atoms with Gasteiger partial charge in [0.25, 0.3) is 0 Å². The molecular formula is C14H22N2O3S. The van der Waals surface area contributed by atoms with Crippen molar-refractivity contribution >= 4 is 17.8 Å². The van der Waals surface area contributed by atoms with Crippen LogP contribution in [0.25, 0.3) is 0 Å². The number of carbonyl (C=O) groups excluding carboxylic acids is 1. The Bertz CT molecular complexity index is 481. The van der Waals surface area contributed by atoms with Gasteiger partial charge in [-0.1, -0.05) is 0 Å². The average molecular weight is 298 g/mol. The van der Waals surface area contributed by atoms with Crippen LogP contribution in [0, 0.1) is 13.8 Å². The van der Waals surface area contributed by atoms with Crippen molar-refractivity contribution in [3.8, 4) is 0 Å². The average Bonchev–Trinajstić information content (AvgIpc) is 2.94. The first-order valence-electron chi connectivity index (χ1n) is 6.81. The smallest absolute Gasteiger partial charge is 0.315 e. The van der Waals surface area contributed by atoms with Crippen molar-refractivity contribution in [3.63, 3.8) is 0 Å². The van der Waals surface area contributed by atoms with E-state index in [4.69, 9.17) is 4.42 Å². The summed E-state index contributed by atoms with van der Waals surface area (Å²) < 4.78 is 5.46. The molecule has 0 aliphatic carbocycles. The molecule has 2 unspecified atom stereocenters. The Morgan fingerprint density at radius 3 is 2.90 bits per heavy atom. The van der Waals surface area contributed by atoms with Gasteiger partial charge in [-0.15, -0.1) is 0 Å². The predicted octanol–water partition coefficient (Wildman–Crippen LogP) is 2.12. The fraction of sp³-hybridized carbons (Fsp3) is 0.643. The van der Waals surface area contributed by atoms with Crippen LogP contribution in [0.5, 0.6) is 0 Å². The van der Waals surface area contributed by atoms with Crippen molar-refractivity contribution in [2.45, 2.75) is 38.8 Å². The van der Waals surface area contributed by atoms with Gasteiger partial charge >= 0.3 is 6.03 Å². The van der Waals surface area contributed by atoms with E-state index in [1.165, 1.54) is 0 Å². The number of thioether (sulfide) groups is 1. The quantitative estimate of drug-likeness (QED) is 0.796. The highest BCUT2D eigenvalue weighted by Crippen LogP contribution is 2.27. The molecule has 1 fully saturated rings. The zero-order chi connectivity index (χ0) is 14.8. The lowest BCUT2D eigenvalue weighted by atomic mass is 10.0. The number of hydrogen-bond donors (Lipinski definition) is 3. The number of rotatable bonds is 4. The monoisotopic (exact) mass is 298 g/mol. The maximum atomic E-state index is 11.9. The van der Waals surface area contributed by atoms with Crippen molar-refractivity contribution in [1.82, 2.24) is 10.6 Å². The van der Waals surface area contributed by atoms with Crippen molar-refractivity contribution in [2.24, 2.45) is 0 Å². The lowest BCUT2D eigenvalue weighted by Gasteiger charge is -2.22. The van der Waals surface area contributed by atoms with E-state index in [2.05, 4.69) is 10.6 Å². The summed E-state index contributed by atoms with van der Waals surface area (Å²) in [5, 5.41) is 15.8. The molecule has 1 aliphatic heterocycles. The Kier molecular flexibility index (Phi) is 4.65. The first-order valence-corrected chi connectivity index (χ1v) is 7.96. The van der Waals surface area contributed by atoms with E-state index in [-0.39, 0.29) is 12.1 Å². The lowest BCUT2D eigenvalue weighted by molar-refractivity contribution is 0.0699. The van der Waals surface area contributed by atoms with Gasteiger partial charge in [-0.2, -0.15) is 11.8 Å². The molecule has 0 bridgehead atoms. The van der Waals surface area contributed by atoms with Gasteiger partial charge in [0.1, 0.15) is 11.5 Å². The van der Waals surface area contributed by atoms with E-state index in [0.717, 1.165) is 29.3 Å². The van der Waals surface area contributed by atoms with Crippen LogP contribution in [0.3, 0.4) is 0 Å². The molecule has 2 rings (SSSR count). The zero-order valence-electron chi connectivity index (χ0n) is 12.2. The standard InChI is InChI=1S/C14H22N2O3S/c1-9-6-12(11(3)19-9)10(2)16-13(17)15-7-14(18)4-5-20-8-14/h6,10,18H,4-5,7-8H2,1-3H3,(H2,15,16,17). The van der Waals surface area contributed by atoms with Crippen LogP contribution < -0.4 is 10.6 Å². The highest BCUT2D eigenvalue weighted by Gasteiger charge is 2.32. The number of furan rings is 1. The third-order valence-electron chi connectivity index (χ3n) is 3.55. The Labute approximate surface area is 123 Å². The molecule has 2 amide bonds. The van der Waals surface area contributed by atoms with Crippen LogP contribution in [0.2, 0.25) is 0 Å². The van der Waals surface area contributed by atoms with Crippen LogP contribution in [-0.2, 0) is 0 Å². The van der Waals surface area contributed by atoms with Gasteiger partial charge in [-0.05, 0) is 39.0 Å². The summed E-state index contributed by atoms with van der Waals surface area (Å²) in [6.07, 6.45) is 0.730. The zero-order valence-corrected chi connectivity index (χ0v) is 13.0. The molecule has 20 heavy (non-hydrogen) atoms. The number of aryl methyl sites for hydroxylation is 2. The fourth-order valence-electron chi connectivity index (χ4n) is 2.39. The minimum absolute atomic E-state index is 0.125. The number of amides is 2. The second-order valence-electron chi connectivity index (χ2n) is 5.44. The summed E-state index contributed by atoms with van der Waals surface area (Å²) in [4.78, 5) is 11.9. The van der Waals surface area contributed by atoms with Gasteiger partial charge in [0, 0.05) is 17.9 Å². The molecule has 0 saturated carbocycles. The second kappa shape index (κ2) is 6.10. The minimum atomic E-state index is -0.757. The molecule has 0 radical (unpaired) electrons. The molecule has 0 aromatic carbocycles. The summed E-state index contributed by atoms with van der Waals surface area (Å²) in [6, 6.07) is 1.54. The molecule has 1 aliphatic rings. The number of hydrogen-bond acceptors (Lipinski definition) is 4. The number of urea groups is 1.